The van der Waals surface area contributed by atoms with Crippen molar-refractivity contribution in [2.45, 2.75) is 59.4 Å². The summed E-state index contributed by atoms with van der Waals surface area (Å²) in [5.74, 6) is 0.0318. The van der Waals surface area contributed by atoms with Crippen molar-refractivity contribution in [3.63, 3.8) is 0 Å². The summed E-state index contributed by atoms with van der Waals surface area (Å²) in [6, 6.07) is 21.0. The van der Waals surface area contributed by atoms with Crippen LogP contribution in [0.5, 0.6) is 0 Å². The minimum Gasteiger partial charge on any atom is -0.340 e. The highest BCUT2D eigenvalue weighted by Gasteiger charge is 2.19. The van der Waals surface area contributed by atoms with Crippen molar-refractivity contribution in [1.29, 1.82) is 0 Å². The Labute approximate surface area is 216 Å². The molecule has 4 rings (SSSR count). The molecule has 0 fully saturated rings. The van der Waals surface area contributed by atoms with Crippen LogP contribution in [0.25, 0.3) is 21.8 Å². The van der Waals surface area contributed by atoms with Crippen LogP contribution in [0.1, 0.15) is 57.6 Å². The lowest BCUT2D eigenvalue weighted by molar-refractivity contribution is -0.384. The number of carbonyl (C=O) groups is 1. The summed E-state index contributed by atoms with van der Waals surface area (Å²) in [6.07, 6.45) is 5.04. The third-order valence-corrected chi connectivity index (χ3v) is 6.88. The number of oxime groups is 1. The second-order valence-electron chi connectivity index (χ2n) is 9.50. The molecular formula is C30H33N3O4. The molecule has 0 saturated carbocycles. The second-order valence-corrected chi connectivity index (χ2v) is 9.50. The third kappa shape index (κ3) is 6.05. The van der Waals surface area contributed by atoms with E-state index in [-0.39, 0.29) is 10.6 Å². The van der Waals surface area contributed by atoms with Crippen LogP contribution >= 0.6 is 0 Å². The molecule has 0 spiro atoms. The zero-order chi connectivity index (χ0) is 26.4. The second kappa shape index (κ2) is 11.8. The molecule has 0 radical (unpaired) electrons. The molecule has 0 aliphatic carbocycles. The van der Waals surface area contributed by atoms with Gasteiger partial charge < -0.3 is 9.40 Å². The van der Waals surface area contributed by atoms with Crippen molar-refractivity contribution in [3.8, 4) is 0 Å². The number of rotatable bonds is 11. The van der Waals surface area contributed by atoms with E-state index >= 15 is 0 Å². The molecule has 37 heavy (non-hydrogen) atoms. The zero-order valence-corrected chi connectivity index (χ0v) is 21.6. The predicted molar refractivity (Wildman–Crippen MR) is 148 cm³/mol. The van der Waals surface area contributed by atoms with Crippen LogP contribution in [-0.2, 0) is 22.6 Å². The number of hydrogen-bond acceptors (Lipinski definition) is 5. The van der Waals surface area contributed by atoms with Crippen molar-refractivity contribution >= 4 is 39.2 Å². The first-order chi connectivity index (χ1) is 17.9. The number of benzene rings is 3. The van der Waals surface area contributed by atoms with Gasteiger partial charge in [-0.05, 0) is 36.1 Å². The highest BCUT2D eigenvalue weighted by molar-refractivity contribution is 6.12. The predicted octanol–water partition coefficient (Wildman–Crippen LogP) is 7.43. The minimum absolute atomic E-state index is 0.0630. The van der Waals surface area contributed by atoms with Gasteiger partial charge in [0.2, 0.25) is 0 Å². The number of hydrogen-bond donors (Lipinski definition) is 0. The van der Waals surface area contributed by atoms with Gasteiger partial charge in [-0.15, -0.1) is 0 Å². The van der Waals surface area contributed by atoms with Gasteiger partial charge in [0.15, 0.2) is 0 Å². The van der Waals surface area contributed by atoms with Gasteiger partial charge in [0.1, 0.15) is 0 Å². The van der Waals surface area contributed by atoms with E-state index in [4.69, 9.17) is 4.84 Å². The first kappa shape index (κ1) is 26.1. The van der Waals surface area contributed by atoms with Gasteiger partial charge in [-0.2, -0.15) is 0 Å². The van der Waals surface area contributed by atoms with Crippen LogP contribution in [0.15, 0.2) is 71.9 Å². The Morgan fingerprint density at radius 3 is 2.38 bits per heavy atom. The number of aromatic nitrogens is 1. The number of unbranched alkanes of at least 4 members (excludes halogenated alkanes) is 1. The Bertz CT molecular complexity index is 1440. The maximum Gasteiger partial charge on any atom is 0.331 e. The number of non-ortho nitro benzene ring substituents is 1. The Balaban J connectivity index is 1.86. The number of nitro benzene ring substituents is 1. The molecule has 7 heteroatoms. The Morgan fingerprint density at radius 2 is 1.73 bits per heavy atom. The lowest BCUT2D eigenvalue weighted by Crippen LogP contribution is -2.10. The van der Waals surface area contributed by atoms with E-state index in [0.717, 1.165) is 58.7 Å². The molecule has 1 heterocycles. The van der Waals surface area contributed by atoms with E-state index in [1.807, 2.05) is 48.5 Å². The van der Waals surface area contributed by atoms with Gasteiger partial charge in [-0.3, -0.25) is 10.1 Å². The number of fused-ring (bicyclic) bond motifs is 3. The lowest BCUT2D eigenvalue weighted by atomic mass is 9.99. The van der Waals surface area contributed by atoms with E-state index < -0.39 is 5.97 Å². The van der Waals surface area contributed by atoms with Gasteiger partial charge in [0.05, 0.1) is 10.6 Å². The number of carbonyl (C=O) groups excluding carboxylic acids is 1. The molecule has 0 aliphatic heterocycles. The third-order valence-electron chi connectivity index (χ3n) is 6.88. The van der Waals surface area contributed by atoms with E-state index in [0.29, 0.717) is 18.1 Å². The van der Waals surface area contributed by atoms with Crippen LogP contribution in [0.3, 0.4) is 0 Å². The molecule has 4 aromatic rings. The molecular weight excluding hydrogens is 466 g/mol. The highest BCUT2D eigenvalue weighted by Crippen LogP contribution is 2.34. The van der Waals surface area contributed by atoms with Crippen LogP contribution in [0.2, 0.25) is 0 Å². The SMILES string of the molecule is CCCCC(CC)Cn1c2ccc(C(Cc3ccccc3)=NOC(C)=O)cc2c2cc([N+](=O)[O-])ccc21. The van der Waals surface area contributed by atoms with Gasteiger partial charge in [0.25, 0.3) is 5.69 Å². The summed E-state index contributed by atoms with van der Waals surface area (Å²) in [4.78, 5) is 27.8. The van der Waals surface area contributed by atoms with Crippen molar-refractivity contribution < 1.29 is 14.6 Å². The summed E-state index contributed by atoms with van der Waals surface area (Å²) in [5.41, 5.74) is 4.53. The van der Waals surface area contributed by atoms with Gasteiger partial charge >= 0.3 is 5.97 Å². The molecule has 0 saturated heterocycles. The fourth-order valence-electron chi connectivity index (χ4n) is 4.85. The number of nitro groups is 1. The van der Waals surface area contributed by atoms with Crippen molar-refractivity contribution in [3.05, 3.63) is 88.0 Å². The van der Waals surface area contributed by atoms with Crippen molar-refractivity contribution in [2.75, 3.05) is 0 Å². The first-order valence-electron chi connectivity index (χ1n) is 12.9. The van der Waals surface area contributed by atoms with E-state index in [1.165, 1.54) is 13.3 Å². The molecule has 3 aromatic carbocycles. The normalized spacial score (nSPS) is 12.7. The fraction of sp³-hybridized carbons (Fsp3) is 0.333. The van der Waals surface area contributed by atoms with Crippen LogP contribution in [0, 0.1) is 16.0 Å². The largest absolute Gasteiger partial charge is 0.340 e. The molecule has 1 atom stereocenters. The summed E-state index contributed by atoms with van der Waals surface area (Å²) in [6.45, 7) is 6.60. The average Bonchev–Trinajstić information content (AvgIpc) is 3.21. The average molecular weight is 500 g/mol. The molecule has 7 nitrogen and oxygen atoms in total. The fourth-order valence-corrected chi connectivity index (χ4v) is 4.85. The molecule has 0 bridgehead atoms. The quantitative estimate of drug-likeness (QED) is 0.0929. The summed E-state index contributed by atoms with van der Waals surface area (Å²) in [7, 11) is 0. The maximum atomic E-state index is 11.6. The lowest BCUT2D eigenvalue weighted by Gasteiger charge is -2.17. The summed E-state index contributed by atoms with van der Waals surface area (Å²) in [5, 5.41) is 17.5. The standard InChI is InChI=1S/C30H33N3O4/c1-4-6-10-22(5-2)20-32-29-15-13-24(18-26(29)27-19-25(33(35)36)14-16-30(27)32)28(31-37-21(3)34)17-23-11-8-7-9-12-23/h7-9,11-16,18-19,22H,4-6,10,17,20H2,1-3H3. The minimum atomic E-state index is -0.489. The summed E-state index contributed by atoms with van der Waals surface area (Å²) < 4.78 is 2.29. The highest BCUT2D eigenvalue weighted by atomic mass is 16.7. The van der Waals surface area contributed by atoms with E-state index in [9.17, 15) is 14.9 Å². The molecule has 0 amide bonds. The van der Waals surface area contributed by atoms with Crippen molar-refractivity contribution in [1.82, 2.24) is 4.57 Å². The molecule has 0 aliphatic rings. The Kier molecular flexibility index (Phi) is 8.33. The summed E-state index contributed by atoms with van der Waals surface area (Å²) >= 11 is 0. The van der Waals surface area contributed by atoms with Crippen molar-refractivity contribution in [2.24, 2.45) is 11.1 Å². The van der Waals surface area contributed by atoms with Crippen LogP contribution < -0.4 is 0 Å². The Morgan fingerprint density at radius 1 is 1.03 bits per heavy atom. The molecule has 1 unspecified atom stereocenters. The molecule has 0 N–H and O–H groups in total. The Hall–Kier alpha value is -4.00. The van der Waals surface area contributed by atoms with Crippen LogP contribution in [-0.4, -0.2) is 21.2 Å². The topological polar surface area (TPSA) is 86.7 Å². The smallest absolute Gasteiger partial charge is 0.331 e. The van der Waals surface area contributed by atoms with Gasteiger partial charge in [-0.25, -0.2) is 4.79 Å². The van der Waals surface area contributed by atoms with E-state index in [1.54, 1.807) is 12.1 Å². The first-order valence-corrected chi connectivity index (χ1v) is 12.9. The zero-order valence-electron chi connectivity index (χ0n) is 21.6. The molecule has 192 valence electrons. The number of nitrogens with zero attached hydrogens (tertiary/aromatic N) is 3. The molecule has 1 aromatic heterocycles. The van der Waals surface area contributed by atoms with E-state index in [2.05, 4.69) is 29.6 Å². The monoisotopic (exact) mass is 499 g/mol. The van der Waals surface area contributed by atoms with Gasteiger partial charge in [0, 0.05) is 59.4 Å². The maximum absolute atomic E-state index is 11.6. The van der Waals surface area contributed by atoms with Gasteiger partial charge in [-0.1, -0.05) is 74.7 Å². The van der Waals surface area contributed by atoms with Crippen LogP contribution in [0.4, 0.5) is 5.69 Å².